The zero-order valence-electron chi connectivity index (χ0n) is 35.7. The number of benzene rings is 6. The van der Waals surface area contributed by atoms with Gasteiger partial charge in [-0.2, -0.15) is 0 Å². The summed E-state index contributed by atoms with van der Waals surface area (Å²) >= 11 is 0. The average molecular weight is 772 g/mol. The molecule has 59 heavy (non-hydrogen) atoms. The molecule has 6 aromatic rings. The van der Waals surface area contributed by atoms with Crippen LogP contribution in [0.5, 0.6) is 11.5 Å². The molecule has 0 saturated heterocycles. The maximum Gasteiger partial charge on any atom is 0.132 e. The Bertz CT molecular complexity index is 2670. The highest BCUT2D eigenvalue weighted by Gasteiger charge is 2.61. The number of ether oxygens (including phenoxy) is 1. The van der Waals surface area contributed by atoms with Gasteiger partial charge >= 0.3 is 0 Å². The Morgan fingerprint density at radius 2 is 1.02 bits per heavy atom. The average Bonchev–Trinajstić information content (AvgIpc) is 3.46. The van der Waals surface area contributed by atoms with Crippen molar-refractivity contribution in [2.75, 3.05) is 4.90 Å². The third-order valence-corrected chi connectivity index (χ3v) is 16.8. The van der Waals surface area contributed by atoms with Crippen molar-refractivity contribution in [3.05, 3.63) is 161 Å². The molecule has 4 fully saturated rings. The second-order valence-electron chi connectivity index (χ2n) is 21.3. The van der Waals surface area contributed by atoms with Gasteiger partial charge in [-0.15, -0.1) is 0 Å². The van der Waals surface area contributed by atoms with E-state index in [0.717, 1.165) is 23.3 Å². The van der Waals surface area contributed by atoms with E-state index in [1.54, 1.807) is 0 Å². The molecule has 2 heteroatoms. The number of hydrogen-bond donors (Lipinski definition) is 0. The number of anilines is 3. The summed E-state index contributed by atoms with van der Waals surface area (Å²) < 4.78 is 7.15. The topological polar surface area (TPSA) is 12.5 Å². The van der Waals surface area contributed by atoms with Gasteiger partial charge in [-0.25, -0.2) is 0 Å². The van der Waals surface area contributed by atoms with E-state index in [-0.39, 0.29) is 21.7 Å². The van der Waals surface area contributed by atoms with E-state index < -0.39 is 0 Å². The van der Waals surface area contributed by atoms with Gasteiger partial charge in [0.2, 0.25) is 0 Å². The van der Waals surface area contributed by atoms with Crippen LogP contribution in [0.4, 0.5) is 17.1 Å². The third-order valence-electron chi connectivity index (χ3n) is 16.8. The maximum atomic E-state index is 7.15. The van der Waals surface area contributed by atoms with Crippen molar-refractivity contribution in [1.82, 2.24) is 0 Å². The molecule has 1 heterocycles. The first-order valence-corrected chi connectivity index (χ1v) is 22.6. The summed E-state index contributed by atoms with van der Waals surface area (Å²) in [5.41, 5.74) is 17.7. The van der Waals surface area contributed by atoms with Crippen molar-refractivity contribution in [3.63, 3.8) is 0 Å². The van der Waals surface area contributed by atoms with Gasteiger partial charge in [0.25, 0.3) is 0 Å². The van der Waals surface area contributed by atoms with E-state index in [2.05, 4.69) is 174 Å². The molecule has 13 rings (SSSR count). The highest BCUT2D eigenvalue weighted by molar-refractivity contribution is 5.86. The predicted octanol–water partition coefficient (Wildman–Crippen LogP) is 15.3. The molecule has 1 aliphatic heterocycles. The van der Waals surface area contributed by atoms with E-state index in [1.165, 1.54) is 118 Å². The number of rotatable bonds is 4. The van der Waals surface area contributed by atoms with E-state index in [4.69, 9.17) is 4.74 Å². The molecule has 0 radical (unpaired) electrons. The van der Waals surface area contributed by atoms with Crippen LogP contribution in [0, 0.1) is 23.7 Å². The van der Waals surface area contributed by atoms with Crippen LogP contribution in [-0.4, -0.2) is 0 Å². The molecule has 0 amide bonds. The zero-order chi connectivity index (χ0) is 40.1. The summed E-state index contributed by atoms with van der Waals surface area (Å²) in [6, 6.07) is 49.1. The molecule has 6 aliphatic carbocycles. The van der Waals surface area contributed by atoms with Crippen molar-refractivity contribution >= 4 is 17.1 Å². The van der Waals surface area contributed by atoms with Crippen LogP contribution in [0.3, 0.4) is 0 Å². The predicted molar refractivity (Wildman–Crippen MR) is 244 cm³/mol. The molecule has 4 saturated carbocycles. The molecule has 1 spiro atoms. The molecule has 0 unspecified atom stereocenters. The van der Waals surface area contributed by atoms with Gasteiger partial charge in [-0.05, 0) is 172 Å². The highest BCUT2D eigenvalue weighted by Crippen LogP contribution is 2.69. The van der Waals surface area contributed by atoms with Gasteiger partial charge in [0, 0.05) is 39.0 Å². The van der Waals surface area contributed by atoms with Crippen LogP contribution < -0.4 is 9.64 Å². The Morgan fingerprint density at radius 3 is 1.75 bits per heavy atom. The maximum absolute atomic E-state index is 7.15. The fraction of sp³-hybridized carbons (Fsp3) is 0.368. The van der Waals surface area contributed by atoms with E-state index in [9.17, 15) is 0 Å². The molecule has 0 atom stereocenters. The molecule has 7 aliphatic rings. The van der Waals surface area contributed by atoms with Crippen molar-refractivity contribution in [2.45, 2.75) is 108 Å². The van der Waals surface area contributed by atoms with E-state index in [0.29, 0.717) is 11.8 Å². The van der Waals surface area contributed by atoms with Crippen LogP contribution in [0.1, 0.15) is 120 Å². The van der Waals surface area contributed by atoms with Crippen LogP contribution >= 0.6 is 0 Å². The first-order chi connectivity index (χ1) is 28.4. The van der Waals surface area contributed by atoms with Crippen molar-refractivity contribution in [2.24, 2.45) is 23.7 Å². The van der Waals surface area contributed by atoms with E-state index in [1.807, 2.05) is 0 Å². The number of hydrogen-bond acceptors (Lipinski definition) is 2. The summed E-state index contributed by atoms with van der Waals surface area (Å²) in [5.74, 6) is 5.09. The van der Waals surface area contributed by atoms with Gasteiger partial charge < -0.3 is 9.64 Å². The minimum Gasteiger partial charge on any atom is -0.457 e. The lowest BCUT2D eigenvalue weighted by Crippen LogP contribution is -2.57. The van der Waals surface area contributed by atoms with Crippen LogP contribution in [-0.2, 0) is 21.7 Å². The molecule has 0 aromatic heterocycles. The first kappa shape index (κ1) is 35.8. The minimum absolute atomic E-state index is 0.0589. The Hall–Kier alpha value is -5.08. The minimum atomic E-state index is -0.0913. The Balaban J connectivity index is 1.07. The number of fused-ring (bicyclic) bond motifs is 6. The smallest absolute Gasteiger partial charge is 0.132 e. The summed E-state index contributed by atoms with van der Waals surface area (Å²) in [7, 11) is 0. The largest absolute Gasteiger partial charge is 0.457 e. The molecular formula is C57H57NO. The third kappa shape index (κ3) is 5.04. The monoisotopic (exact) mass is 771 g/mol. The lowest BCUT2D eigenvalue weighted by atomic mass is 9.41. The van der Waals surface area contributed by atoms with Crippen molar-refractivity contribution in [3.8, 4) is 33.8 Å². The van der Waals surface area contributed by atoms with Gasteiger partial charge in [0.05, 0.1) is 0 Å². The van der Waals surface area contributed by atoms with Crippen LogP contribution in [0.2, 0.25) is 0 Å². The van der Waals surface area contributed by atoms with Crippen molar-refractivity contribution in [1.29, 1.82) is 0 Å². The quantitative estimate of drug-likeness (QED) is 0.177. The molecular weight excluding hydrogens is 715 g/mol. The highest BCUT2D eigenvalue weighted by atomic mass is 16.5. The molecule has 2 nitrogen and oxygen atoms in total. The Kier molecular flexibility index (Phi) is 7.44. The zero-order valence-corrected chi connectivity index (χ0v) is 35.7. The van der Waals surface area contributed by atoms with Gasteiger partial charge in [-0.1, -0.05) is 120 Å². The molecule has 4 bridgehead atoms. The van der Waals surface area contributed by atoms with Gasteiger partial charge in [0.15, 0.2) is 0 Å². The molecule has 296 valence electrons. The normalized spacial score (nSPS) is 26.6. The second-order valence-corrected chi connectivity index (χ2v) is 21.3. The Labute approximate surface area is 351 Å². The fourth-order valence-electron chi connectivity index (χ4n) is 13.9. The van der Waals surface area contributed by atoms with Crippen LogP contribution in [0.15, 0.2) is 127 Å². The number of nitrogens with zero attached hydrogens (tertiary/aromatic N) is 1. The molecule has 0 N–H and O–H groups in total. The first-order valence-electron chi connectivity index (χ1n) is 22.6. The Morgan fingerprint density at radius 1 is 0.441 bits per heavy atom. The molecule has 6 aromatic carbocycles. The van der Waals surface area contributed by atoms with Gasteiger partial charge in [0.1, 0.15) is 11.5 Å². The summed E-state index contributed by atoms with van der Waals surface area (Å²) in [6.45, 7) is 14.6. The van der Waals surface area contributed by atoms with Crippen LogP contribution in [0.25, 0.3) is 22.3 Å². The summed E-state index contributed by atoms with van der Waals surface area (Å²) in [6.07, 6.45) is 9.15. The lowest BCUT2D eigenvalue weighted by molar-refractivity contribution is -0.0452. The summed E-state index contributed by atoms with van der Waals surface area (Å²) in [4.78, 5) is 2.59. The van der Waals surface area contributed by atoms with Gasteiger partial charge in [-0.3, -0.25) is 0 Å². The fourth-order valence-corrected chi connectivity index (χ4v) is 13.9. The van der Waals surface area contributed by atoms with Crippen molar-refractivity contribution < 1.29 is 4.74 Å². The van der Waals surface area contributed by atoms with E-state index >= 15 is 0 Å². The summed E-state index contributed by atoms with van der Waals surface area (Å²) in [5, 5.41) is 0. The lowest BCUT2D eigenvalue weighted by Gasteiger charge is -2.63. The second kappa shape index (κ2) is 12.2. The SMILES string of the molecule is CC1(C)CCC(C)(C)c2cc(N(c3ccc4c(c3)C(C)(C)c3ccccc3-4)c3ccc4c(c3)C3(c5ccc(-c6ccccc6)cc5O4)C4CC5CC(C4)CC3C5)ccc21. The standard InChI is InChI=1S/C57H57NO/c1-54(2)24-25-55(3,4)50-33-42(18-22-47(50)54)58(41-17-20-45-44-14-10-11-15-46(44)56(5,6)49(45)32-41)43-19-23-52-51(34-43)57(39-27-35-26-36(29-39)30-40(57)28-35)48-21-16-38(31-53(48)59-52)37-12-8-7-9-13-37/h7-23,31-36,39-40H,24-30H2,1-6H3.